The molecule has 0 atom stereocenters. The normalized spacial score (nSPS) is 14.1. The number of carbonyl (C=O) groups is 1. The number of allylic oxidation sites excluding steroid dienone is 2. The lowest BCUT2D eigenvalue weighted by molar-refractivity contribution is 0.0519. The summed E-state index contributed by atoms with van der Waals surface area (Å²) in [7, 11) is 0. The molecule has 5 nitrogen and oxygen atoms in total. The van der Waals surface area contributed by atoms with Gasteiger partial charge in [-0.2, -0.15) is 0 Å². The summed E-state index contributed by atoms with van der Waals surface area (Å²) < 4.78 is 4.99. The summed E-state index contributed by atoms with van der Waals surface area (Å²) >= 11 is 0. The molecule has 1 aromatic carbocycles. The summed E-state index contributed by atoms with van der Waals surface area (Å²) in [6.45, 7) is 4.06. The molecule has 0 spiro atoms. The molecule has 0 aliphatic heterocycles. The molecule has 0 bridgehead atoms. The first kappa shape index (κ1) is 16.2. The minimum Gasteiger partial charge on any atom is -0.507 e. The Morgan fingerprint density at radius 1 is 1.25 bits per heavy atom. The molecule has 1 aliphatic rings. The maximum absolute atomic E-state index is 11.9. The van der Waals surface area contributed by atoms with Gasteiger partial charge in [-0.3, -0.25) is 4.98 Å². The van der Waals surface area contributed by atoms with Crippen LogP contribution in [0.25, 0.3) is 11.1 Å². The molecule has 124 valence electrons. The molecule has 0 saturated heterocycles. The van der Waals surface area contributed by atoms with Crippen LogP contribution in [-0.4, -0.2) is 27.7 Å². The number of carbonyl (C=O) groups excluding carboxylic acids is 1. The number of hydrogen-bond acceptors (Lipinski definition) is 5. The van der Waals surface area contributed by atoms with Crippen LogP contribution in [0.3, 0.4) is 0 Å². The summed E-state index contributed by atoms with van der Waals surface area (Å²) in [5, 5.41) is 10.2. The van der Waals surface area contributed by atoms with E-state index in [0.29, 0.717) is 12.3 Å². The highest BCUT2D eigenvalue weighted by atomic mass is 16.5. The van der Waals surface area contributed by atoms with Crippen LogP contribution in [0.1, 0.15) is 53.5 Å². The van der Waals surface area contributed by atoms with Gasteiger partial charge in [0.05, 0.1) is 24.7 Å². The van der Waals surface area contributed by atoms with Crippen molar-refractivity contribution in [1.82, 2.24) is 9.97 Å². The second kappa shape index (κ2) is 6.83. The number of aromatic nitrogens is 2. The smallest absolute Gasteiger partial charge is 0.358 e. The van der Waals surface area contributed by atoms with E-state index in [1.165, 1.54) is 6.20 Å². The predicted octanol–water partition coefficient (Wildman–Crippen LogP) is 3.76. The molecule has 3 rings (SSSR count). The number of phenols is 1. The highest BCUT2D eigenvalue weighted by molar-refractivity contribution is 5.94. The topological polar surface area (TPSA) is 72.3 Å². The van der Waals surface area contributed by atoms with Gasteiger partial charge in [-0.25, -0.2) is 9.78 Å². The van der Waals surface area contributed by atoms with Crippen molar-refractivity contribution in [1.29, 1.82) is 0 Å². The quantitative estimate of drug-likeness (QED) is 0.867. The molecule has 1 heterocycles. The van der Waals surface area contributed by atoms with Crippen LogP contribution < -0.4 is 0 Å². The van der Waals surface area contributed by atoms with Crippen molar-refractivity contribution in [2.24, 2.45) is 0 Å². The SMILES string of the molecule is CCOC(=O)c1cncc(C2=C(c3cc(C)ccc3O)CCC2)n1. The summed E-state index contributed by atoms with van der Waals surface area (Å²) in [6, 6.07) is 5.59. The fourth-order valence-electron chi connectivity index (χ4n) is 3.03. The van der Waals surface area contributed by atoms with E-state index in [-0.39, 0.29) is 11.4 Å². The Hall–Kier alpha value is -2.69. The van der Waals surface area contributed by atoms with Gasteiger partial charge in [-0.1, -0.05) is 11.6 Å². The third-order valence-corrected chi connectivity index (χ3v) is 4.12. The van der Waals surface area contributed by atoms with E-state index < -0.39 is 5.97 Å². The fourth-order valence-corrected chi connectivity index (χ4v) is 3.03. The molecule has 2 aromatic rings. The number of ether oxygens (including phenoxy) is 1. The minimum atomic E-state index is -0.467. The van der Waals surface area contributed by atoms with E-state index in [0.717, 1.165) is 41.5 Å². The maximum Gasteiger partial charge on any atom is 0.358 e. The largest absolute Gasteiger partial charge is 0.507 e. The number of aromatic hydroxyl groups is 1. The zero-order valence-electron chi connectivity index (χ0n) is 13.9. The zero-order valence-corrected chi connectivity index (χ0v) is 13.9. The van der Waals surface area contributed by atoms with Crippen molar-refractivity contribution in [2.75, 3.05) is 6.61 Å². The Morgan fingerprint density at radius 2 is 2.04 bits per heavy atom. The van der Waals surface area contributed by atoms with Crippen LogP contribution in [0.15, 0.2) is 30.6 Å². The van der Waals surface area contributed by atoms with Gasteiger partial charge in [0.15, 0.2) is 5.69 Å². The summed E-state index contributed by atoms with van der Waals surface area (Å²) in [6.07, 6.45) is 5.79. The van der Waals surface area contributed by atoms with E-state index in [9.17, 15) is 9.90 Å². The number of hydrogen-bond donors (Lipinski definition) is 1. The van der Waals surface area contributed by atoms with E-state index in [4.69, 9.17) is 4.74 Å². The van der Waals surface area contributed by atoms with Gasteiger partial charge in [0.1, 0.15) is 5.75 Å². The molecule has 0 amide bonds. The number of benzene rings is 1. The number of rotatable bonds is 4. The Labute approximate surface area is 141 Å². The van der Waals surface area contributed by atoms with Crippen LogP contribution in [0.5, 0.6) is 5.75 Å². The van der Waals surface area contributed by atoms with Crippen molar-refractivity contribution in [3.8, 4) is 5.75 Å². The monoisotopic (exact) mass is 324 g/mol. The van der Waals surface area contributed by atoms with Crippen molar-refractivity contribution in [3.63, 3.8) is 0 Å². The van der Waals surface area contributed by atoms with Gasteiger partial charge in [0, 0.05) is 5.56 Å². The highest BCUT2D eigenvalue weighted by Crippen LogP contribution is 2.42. The molecule has 1 aromatic heterocycles. The van der Waals surface area contributed by atoms with Crippen molar-refractivity contribution < 1.29 is 14.6 Å². The van der Waals surface area contributed by atoms with Crippen molar-refractivity contribution >= 4 is 17.1 Å². The molecule has 0 unspecified atom stereocenters. The van der Waals surface area contributed by atoms with Gasteiger partial charge >= 0.3 is 5.97 Å². The third-order valence-electron chi connectivity index (χ3n) is 4.12. The zero-order chi connectivity index (χ0) is 17.1. The number of esters is 1. The minimum absolute atomic E-state index is 0.210. The van der Waals surface area contributed by atoms with Crippen LogP contribution in [0, 0.1) is 6.92 Å². The molecule has 1 N–H and O–H groups in total. The molecule has 0 radical (unpaired) electrons. The van der Waals surface area contributed by atoms with E-state index in [2.05, 4.69) is 9.97 Å². The van der Waals surface area contributed by atoms with Crippen molar-refractivity contribution in [2.45, 2.75) is 33.1 Å². The Bertz CT molecular complexity index is 812. The number of aryl methyl sites for hydroxylation is 1. The lowest BCUT2D eigenvalue weighted by Gasteiger charge is -2.11. The van der Waals surface area contributed by atoms with E-state index in [1.54, 1.807) is 19.2 Å². The lowest BCUT2D eigenvalue weighted by atomic mass is 9.98. The van der Waals surface area contributed by atoms with Gasteiger partial charge in [-0.05, 0) is 56.4 Å². The summed E-state index contributed by atoms with van der Waals surface area (Å²) in [5.74, 6) is -0.199. The second-order valence-electron chi connectivity index (χ2n) is 5.84. The first-order valence-electron chi connectivity index (χ1n) is 8.11. The van der Waals surface area contributed by atoms with Crippen LogP contribution in [-0.2, 0) is 4.74 Å². The molecule has 24 heavy (non-hydrogen) atoms. The third kappa shape index (κ3) is 3.15. The van der Waals surface area contributed by atoms with Crippen LogP contribution in [0.4, 0.5) is 0 Å². The molecule has 5 heteroatoms. The average molecular weight is 324 g/mol. The number of phenolic OH excluding ortho intramolecular Hbond substituents is 1. The van der Waals surface area contributed by atoms with Gasteiger partial charge in [-0.15, -0.1) is 0 Å². The molecule has 0 saturated carbocycles. The van der Waals surface area contributed by atoms with E-state index in [1.807, 2.05) is 19.1 Å². The highest BCUT2D eigenvalue weighted by Gasteiger charge is 2.22. The Morgan fingerprint density at radius 3 is 2.83 bits per heavy atom. The number of nitrogens with zero attached hydrogens (tertiary/aromatic N) is 2. The lowest BCUT2D eigenvalue weighted by Crippen LogP contribution is -2.09. The average Bonchev–Trinajstić information content (AvgIpc) is 3.07. The first-order chi connectivity index (χ1) is 11.6. The Balaban J connectivity index is 2.05. The van der Waals surface area contributed by atoms with Crippen molar-refractivity contribution in [3.05, 3.63) is 53.1 Å². The van der Waals surface area contributed by atoms with Gasteiger partial charge in [0.25, 0.3) is 0 Å². The van der Waals surface area contributed by atoms with Gasteiger partial charge in [0.2, 0.25) is 0 Å². The summed E-state index contributed by atoms with van der Waals surface area (Å²) in [5.41, 5.74) is 4.93. The molecular formula is C19H20N2O3. The predicted molar refractivity (Wildman–Crippen MR) is 91.5 cm³/mol. The fraction of sp³-hybridized carbons (Fsp3) is 0.316. The standard InChI is InChI=1S/C19H20N2O3/c1-3-24-19(23)17-11-20-10-16(21-17)14-6-4-5-13(14)15-9-12(2)7-8-18(15)22/h7-11,22H,3-6H2,1-2H3. The van der Waals surface area contributed by atoms with Crippen LogP contribution in [0.2, 0.25) is 0 Å². The molecule has 1 aliphatic carbocycles. The second-order valence-corrected chi connectivity index (χ2v) is 5.84. The summed E-state index contributed by atoms with van der Waals surface area (Å²) in [4.78, 5) is 20.4. The van der Waals surface area contributed by atoms with Crippen LogP contribution >= 0.6 is 0 Å². The first-order valence-corrected chi connectivity index (χ1v) is 8.11. The molecular weight excluding hydrogens is 304 g/mol. The molecule has 0 fully saturated rings. The van der Waals surface area contributed by atoms with Gasteiger partial charge < -0.3 is 9.84 Å². The maximum atomic E-state index is 11.9. The Kier molecular flexibility index (Phi) is 4.60. The van der Waals surface area contributed by atoms with E-state index >= 15 is 0 Å².